The number of hydrogen-bond acceptors (Lipinski definition) is 0. The van der Waals surface area contributed by atoms with Gasteiger partial charge in [0.2, 0.25) is 0 Å². The molecule has 0 aliphatic rings. The molecule has 34 heavy (non-hydrogen) atoms. The van der Waals surface area contributed by atoms with Gasteiger partial charge in [0.15, 0.2) is 0 Å². The highest BCUT2D eigenvalue weighted by atomic mass is 14.1. The summed E-state index contributed by atoms with van der Waals surface area (Å²) in [5, 5.41) is 0. The molecule has 0 aromatic rings. The van der Waals surface area contributed by atoms with Gasteiger partial charge in [-0.15, -0.1) is 0 Å². The Bertz CT molecular complexity index is 333. The minimum Gasteiger partial charge on any atom is -0.0654 e. The zero-order valence-corrected chi connectivity index (χ0v) is 24.5. The molecule has 205 valence electrons. The van der Waals surface area contributed by atoms with Crippen LogP contribution in [0.4, 0.5) is 0 Å². The van der Waals surface area contributed by atoms with Crippen LogP contribution < -0.4 is 0 Å². The predicted octanol–water partition coefficient (Wildman–Crippen LogP) is 13.2. The highest BCUT2D eigenvalue weighted by Gasteiger charge is 2.08. The third kappa shape index (κ3) is 28.2. The van der Waals surface area contributed by atoms with Gasteiger partial charge in [-0.2, -0.15) is 0 Å². The van der Waals surface area contributed by atoms with Crippen LogP contribution in [0.15, 0.2) is 0 Å². The van der Waals surface area contributed by atoms with Crippen LogP contribution in [-0.2, 0) is 0 Å². The van der Waals surface area contributed by atoms with Crippen molar-refractivity contribution in [2.45, 2.75) is 206 Å². The third-order valence-electron chi connectivity index (χ3n) is 8.04. The van der Waals surface area contributed by atoms with Crippen molar-refractivity contribution < 1.29 is 0 Å². The van der Waals surface area contributed by atoms with Crippen LogP contribution in [0.1, 0.15) is 206 Å². The number of rotatable bonds is 30. The van der Waals surface area contributed by atoms with Crippen LogP contribution in [0, 0.1) is 12.8 Å². The first-order valence-electron chi connectivity index (χ1n) is 16.6. The lowest BCUT2D eigenvalue weighted by molar-refractivity contribution is 0.373. The molecule has 0 heterocycles. The fourth-order valence-corrected chi connectivity index (χ4v) is 5.59. The maximum absolute atomic E-state index is 4.06. The molecule has 0 aromatic heterocycles. The first-order valence-corrected chi connectivity index (χ1v) is 16.6. The van der Waals surface area contributed by atoms with Crippen molar-refractivity contribution in [3.05, 3.63) is 6.92 Å². The van der Waals surface area contributed by atoms with Gasteiger partial charge in [-0.1, -0.05) is 213 Å². The fourth-order valence-electron chi connectivity index (χ4n) is 5.59. The van der Waals surface area contributed by atoms with Crippen molar-refractivity contribution in [3.63, 3.8) is 0 Å². The molecule has 0 amide bonds. The van der Waals surface area contributed by atoms with E-state index < -0.39 is 0 Å². The lowest BCUT2D eigenvalue weighted by Crippen LogP contribution is -2.01. The van der Waals surface area contributed by atoms with E-state index in [2.05, 4.69) is 20.8 Å². The van der Waals surface area contributed by atoms with E-state index in [-0.39, 0.29) is 0 Å². The van der Waals surface area contributed by atoms with E-state index in [1.54, 1.807) is 0 Å². The molecule has 0 saturated heterocycles. The second kappa shape index (κ2) is 31.0. The minimum atomic E-state index is 0.999. The van der Waals surface area contributed by atoms with Crippen LogP contribution in [0.5, 0.6) is 0 Å². The van der Waals surface area contributed by atoms with Crippen LogP contribution >= 0.6 is 0 Å². The summed E-state index contributed by atoms with van der Waals surface area (Å²) in [6, 6.07) is 0. The molecular formula is C34H69. The van der Waals surface area contributed by atoms with Gasteiger partial charge in [0.05, 0.1) is 0 Å². The summed E-state index contributed by atoms with van der Waals surface area (Å²) >= 11 is 0. The Morgan fingerprint density at radius 3 is 0.853 bits per heavy atom. The van der Waals surface area contributed by atoms with Crippen LogP contribution in [0.2, 0.25) is 0 Å². The normalized spacial score (nSPS) is 12.4. The third-order valence-corrected chi connectivity index (χ3v) is 8.04. The molecule has 0 bridgehead atoms. The van der Waals surface area contributed by atoms with Crippen molar-refractivity contribution >= 4 is 0 Å². The Balaban J connectivity index is 3.27. The Morgan fingerprint density at radius 2 is 0.559 bits per heavy atom. The monoisotopic (exact) mass is 478 g/mol. The molecule has 0 spiro atoms. The van der Waals surface area contributed by atoms with Crippen molar-refractivity contribution in [1.82, 2.24) is 0 Å². The summed E-state index contributed by atoms with van der Waals surface area (Å²) in [5.41, 5.74) is 0. The van der Waals surface area contributed by atoms with Gasteiger partial charge >= 0.3 is 0 Å². The van der Waals surface area contributed by atoms with Crippen molar-refractivity contribution in [2.24, 2.45) is 5.92 Å². The smallest absolute Gasteiger partial charge is 0.0414 e. The molecule has 1 radical (unpaired) electrons. The zero-order valence-electron chi connectivity index (χ0n) is 24.5. The topological polar surface area (TPSA) is 0 Å². The van der Waals surface area contributed by atoms with Crippen LogP contribution in [0.25, 0.3) is 0 Å². The standard InChI is InChI=1S/C34H69/c1-4-7-10-12-13-14-15-16-17-18-19-20-21-22-23-24-25-26-27-28-30-33-34(31-9-6-3)32-29-11-8-5-2/h34H,3-33H2,1-2H3. The van der Waals surface area contributed by atoms with Gasteiger partial charge in [-0.3, -0.25) is 0 Å². The molecule has 0 aromatic carbocycles. The molecule has 1 atom stereocenters. The summed E-state index contributed by atoms with van der Waals surface area (Å²) in [5.74, 6) is 0.999. The highest BCUT2D eigenvalue weighted by molar-refractivity contribution is 4.62. The van der Waals surface area contributed by atoms with E-state index in [0.717, 1.165) is 12.3 Å². The van der Waals surface area contributed by atoms with Gasteiger partial charge in [0.1, 0.15) is 0 Å². The average molecular weight is 478 g/mol. The highest BCUT2D eigenvalue weighted by Crippen LogP contribution is 2.24. The van der Waals surface area contributed by atoms with Gasteiger partial charge < -0.3 is 0 Å². The van der Waals surface area contributed by atoms with Crippen molar-refractivity contribution in [1.29, 1.82) is 0 Å². The minimum absolute atomic E-state index is 0.999. The molecule has 0 saturated carbocycles. The summed E-state index contributed by atoms with van der Waals surface area (Å²) in [6.45, 7) is 8.68. The van der Waals surface area contributed by atoms with Crippen LogP contribution in [-0.4, -0.2) is 0 Å². The predicted molar refractivity (Wildman–Crippen MR) is 159 cm³/mol. The van der Waals surface area contributed by atoms with E-state index in [4.69, 9.17) is 0 Å². The average Bonchev–Trinajstić information content (AvgIpc) is 2.85. The summed E-state index contributed by atoms with van der Waals surface area (Å²) in [4.78, 5) is 0. The van der Waals surface area contributed by atoms with E-state index in [1.807, 2.05) is 0 Å². The first kappa shape index (κ1) is 34.0. The first-order chi connectivity index (χ1) is 16.8. The number of hydrogen-bond donors (Lipinski definition) is 0. The molecule has 0 N–H and O–H groups in total. The molecule has 1 unspecified atom stereocenters. The lowest BCUT2D eigenvalue weighted by Gasteiger charge is -2.16. The molecule has 0 aliphatic carbocycles. The Labute approximate surface area is 219 Å². The van der Waals surface area contributed by atoms with E-state index >= 15 is 0 Å². The largest absolute Gasteiger partial charge is 0.0654 e. The fraction of sp³-hybridized carbons (Fsp3) is 0.971. The Morgan fingerprint density at radius 1 is 0.324 bits per heavy atom. The van der Waals surface area contributed by atoms with Gasteiger partial charge in [0.25, 0.3) is 0 Å². The lowest BCUT2D eigenvalue weighted by atomic mass is 9.90. The van der Waals surface area contributed by atoms with E-state index in [9.17, 15) is 0 Å². The Kier molecular flexibility index (Phi) is 31.0. The maximum atomic E-state index is 4.06. The molecule has 0 fully saturated rings. The van der Waals surface area contributed by atoms with E-state index in [0.29, 0.717) is 0 Å². The summed E-state index contributed by atoms with van der Waals surface area (Å²) < 4.78 is 0. The molecular weight excluding hydrogens is 408 g/mol. The van der Waals surface area contributed by atoms with Gasteiger partial charge in [0, 0.05) is 0 Å². The van der Waals surface area contributed by atoms with Crippen LogP contribution in [0.3, 0.4) is 0 Å². The SMILES string of the molecule is [CH2]CCCC(CCCCCC)CCCCCCCCCCCCCCCCCCCCCCC. The second-order valence-corrected chi connectivity index (χ2v) is 11.6. The maximum Gasteiger partial charge on any atom is -0.0414 e. The zero-order chi connectivity index (χ0) is 24.8. The molecule has 0 nitrogen and oxygen atoms in total. The second-order valence-electron chi connectivity index (χ2n) is 11.6. The van der Waals surface area contributed by atoms with E-state index in [1.165, 1.54) is 186 Å². The van der Waals surface area contributed by atoms with Crippen molar-refractivity contribution in [2.75, 3.05) is 0 Å². The van der Waals surface area contributed by atoms with Crippen molar-refractivity contribution in [3.8, 4) is 0 Å². The summed E-state index contributed by atoms with van der Waals surface area (Å²) in [6.07, 6.45) is 43.6. The van der Waals surface area contributed by atoms with Gasteiger partial charge in [-0.05, 0) is 5.92 Å². The molecule has 0 aliphatic heterocycles. The molecule has 0 heteroatoms. The Hall–Kier alpha value is 0. The molecule has 0 rings (SSSR count). The summed E-state index contributed by atoms with van der Waals surface area (Å²) in [7, 11) is 0. The quantitative estimate of drug-likeness (QED) is 0.0902. The van der Waals surface area contributed by atoms with Gasteiger partial charge in [-0.25, -0.2) is 0 Å². The number of unbranched alkanes of at least 4 members (excludes halogenated alkanes) is 24.